The Morgan fingerprint density at radius 3 is 2.45 bits per heavy atom. The summed E-state index contributed by atoms with van der Waals surface area (Å²) in [5.41, 5.74) is 2.91. The SMILES string of the molecule is CCCCC(=O)c1nc(Cc2ccc(-c3ccccc3C(=O)O)cc2)n(C2CCCCC2)n1. The fraction of sp³-hybridized carbons (Fsp3) is 0.407. The number of carbonyl (C=O) groups is 2. The number of hydrogen-bond donors (Lipinski definition) is 1. The van der Waals surface area contributed by atoms with Gasteiger partial charge in [-0.1, -0.05) is 75.1 Å². The summed E-state index contributed by atoms with van der Waals surface area (Å²) in [6.45, 7) is 2.07. The molecule has 1 aromatic heterocycles. The lowest BCUT2D eigenvalue weighted by atomic mass is 9.95. The van der Waals surface area contributed by atoms with Crippen LogP contribution in [-0.4, -0.2) is 31.6 Å². The highest BCUT2D eigenvalue weighted by Crippen LogP contribution is 2.30. The van der Waals surface area contributed by atoms with E-state index in [9.17, 15) is 14.7 Å². The number of carboxylic acid groups (broad SMARTS) is 1. The van der Waals surface area contributed by atoms with Crippen molar-refractivity contribution in [2.45, 2.75) is 70.8 Å². The van der Waals surface area contributed by atoms with E-state index in [-0.39, 0.29) is 11.3 Å². The third-order valence-corrected chi connectivity index (χ3v) is 6.41. The Morgan fingerprint density at radius 1 is 1.03 bits per heavy atom. The lowest BCUT2D eigenvalue weighted by Gasteiger charge is -2.23. The lowest BCUT2D eigenvalue weighted by Crippen LogP contribution is -2.17. The number of aromatic carboxylic acids is 1. The molecule has 1 N–H and O–H groups in total. The van der Waals surface area contributed by atoms with Crippen molar-refractivity contribution in [2.75, 3.05) is 0 Å². The number of carboxylic acids is 1. The van der Waals surface area contributed by atoms with E-state index in [2.05, 4.69) is 17.0 Å². The molecular weight excluding hydrogens is 414 g/mol. The molecule has 6 nitrogen and oxygen atoms in total. The molecule has 0 radical (unpaired) electrons. The summed E-state index contributed by atoms with van der Waals surface area (Å²) in [5.74, 6) is 0.264. The number of rotatable bonds is 9. The van der Waals surface area contributed by atoms with Gasteiger partial charge in [0.25, 0.3) is 0 Å². The van der Waals surface area contributed by atoms with E-state index < -0.39 is 5.97 Å². The average molecular weight is 446 g/mol. The predicted octanol–water partition coefficient (Wildman–Crippen LogP) is 6.11. The predicted molar refractivity (Wildman–Crippen MR) is 128 cm³/mol. The van der Waals surface area contributed by atoms with Crippen LogP contribution in [0.15, 0.2) is 48.5 Å². The number of aromatic nitrogens is 3. The topological polar surface area (TPSA) is 85.1 Å². The monoisotopic (exact) mass is 445 g/mol. The summed E-state index contributed by atoms with van der Waals surface area (Å²) in [4.78, 5) is 28.9. The van der Waals surface area contributed by atoms with Crippen LogP contribution in [0.2, 0.25) is 0 Å². The van der Waals surface area contributed by atoms with Crippen LogP contribution in [0.4, 0.5) is 0 Å². The summed E-state index contributed by atoms with van der Waals surface area (Å²) in [7, 11) is 0. The number of carbonyl (C=O) groups excluding carboxylic acids is 1. The zero-order chi connectivity index (χ0) is 23.2. The minimum atomic E-state index is -0.935. The van der Waals surface area contributed by atoms with Gasteiger partial charge in [-0.25, -0.2) is 14.5 Å². The minimum absolute atomic E-state index is 0.0216. The van der Waals surface area contributed by atoms with Crippen LogP contribution in [0.1, 0.15) is 96.7 Å². The van der Waals surface area contributed by atoms with Gasteiger partial charge in [0.05, 0.1) is 11.6 Å². The second-order valence-corrected chi connectivity index (χ2v) is 8.84. The van der Waals surface area contributed by atoms with Gasteiger partial charge >= 0.3 is 5.97 Å². The second kappa shape index (κ2) is 10.6. The molecular formula is C27H31N3O3. The Bertz CT molecular complexity index is 1110. The normalized spacial score (nSPS) is 14.3. The van der Waals surface area contributed by atoms with Crippen molar-refractivity contribution < 1.29 is 14.7 Å². The lowest BCUT2D eigenvalue weighted by molar-refractivity contribution is 0.0697. The smallest absolute Gasteiger partial charge is 0.336 e. The summed E-state index contributed by atoms with van der Waals surface area (Å²) < 4.78 is 2.01. The average Bonchev–Trinajstić information content (AvgIpc) is 3.27. The highest BCUT2D eigenvalue weighted by Gasteiger charge is 2.23. The molecule has 4 rings (SSSR count). The molecule has 2 aromatic carbocycles. The molecule has 1 heterocycles. The van der Waals surface area contributed by atoms with Gasteiger partial charge in [-0.15, -0.1) is 5.10 Å². The molecule has 0 spiro atoms. The molecule has 172 valence electrons. The Labute approximate surface area is 194 Å². The van der Waals surface area contributed by atoms with Crippen LogP contribution >= 0.6 is 0 Å². The van der Waals surface area contributed by atoms with Crippen LogP contribution < -0.4 is 0 Å². The second-order valence-electron chi connectivity index (χ2n) is 8.84. The van der Waals surface area contributed by atoms with Gasteiger partial charge < -0.3 is 5.11 Å². The first-order valence-corrected chi connectivity index (χ1v) is 12.0. The Kier molecular flexibility index (Phi) is 7.33. The van der Waals surface area contributed by atoms with Crippen LogP contribution in [-0.2, 0) is 6.42 Å². The van der Waals surface area contributed by atoms with Crippen LogP contribution in [0.3, 0.4) is 0 Å². The van der Waals surface area contributed by atoms with Crippen LogP contribution in [0, 0.1) is 0 Å². The minimum Gasteiger partial charge on any atom is -0.478 e. The third-order valence-electron chi connectivity index (χ3n) is 6.41. The number of hydrogen-bond acceptors (Lipinski definition) is 4. The van der Waals surface area contributed by atoms with Crippen molar-refractivity contribution in [1.29, 1.82) is 0 Å². The molecule has 0 amide bonds. The fourth-order valence-electron chi connectivity index (χ4n) is 4.57. The highest BCUT2D eigenvalue weighted by molar-refractivity contribution is 5.96. The van der Waals surface area contributed by atoms with E-state index >= 15 is 0 Å². The molecule has 1 saturated carbocycles. The number of benzene rings is 2. The Hall–Kier alpha value is -3.28. The third kappa shape index (κ3) is 5.38. The summed E-state index contributed by atoms with van der Waals surface area (Å²) in [5, 5.41) is 14.2. The van der Waals surface area contributed by atoms with Gasteiger partial charge in [0.1, 0.15) is 5.82 Å². The molecule has 0 unspecified atom stereocenters. The summed E-state index contributed by atoms with van der Waals surface area (Å²) >= 11 is 0. The van der Waals surface area contributed by atoms with Gasteiger partial charge in [0, 0.05) is 12.8 Å². The van der Waals surface area contributed by atoms with E-state index in [4.69, 9.17) is 0 Å². The molecule has 33 heavy (non-hydrogen) atoms. The first kappa shape index (κ1) is 22.9. The van der Waals surface area contributed by atoms with Crippen molar-refractivity contribution >= 4 is 11.8 Å². The summed E-state index contributed by atoms with van der Waals surface area (Å²) in [6.07, 6.45) is 8.66. The number of Topliss-reactive ketones (excluding diaryl/α,β-unsaturated/α-hetero) is 1. The van der Waals surface area contributed by atoms with Gasteiger partial charge in [0.15, 0.2) is 0 Å². The molecule has 1 aliphatic rings. The Morgan fingerprint density at radius 2 is 1.76 bits per heavy atom. The highest BCUT2D eigenvalue weighted by atomic mass is 16.4. The van der Waals surface area contributed by atoms with Crippen molar-refractivity contribution in [2.24, 2.45) is 0 Å². The standard InChI is InChI=1S/C27H31N3O3/c1-2-3-13-24(31)26-28-25(30(29-26)21-9-5-4-6-10-21)18-19-14-16-20(17-15-19)22-11-7-8-12-23(22)27(32)33/h7-8,11-12,14-17,21H,2-6,9-10,13,18H2,1H3,(H,32,33). The first-order chi connectivity index (χ1) is 16.1. The fourth-order valence-corrected chi connectivity index (χ4v) is 4.57. The maximum absolute atomic E-state index is 12.6. The molecule has 0 atom stereocenters. The molecule has 0 saturated heterocycles. The quantitative estimate of drug-likeness (QED) is 0.402. The maximum atomic E-state index is 12.6. The van der Waals surface area contributed by atoms with Gasteiger partial charge in [-0.05, 0) is 42.0 Å². The molecule has 1 aliphatic carbocycles. The van der Waals surface area contributed by atoms with E-state index in [1.165, 1.54) is 19.3 Å². The van der Waals surface area contributed by atoms with E-state index in [0.717, 1.165) is 42.6 Å². The van der Waals surface area contributed by atoms with Crippen LogP contribution in [0.5, 0.6) is 0 Å². The molecule has 6 heteroatoms. The van der Waals surface area contributed by atoms with Crippen molar-refractivity contribution in [3.05, 3.63) is 71.3 Å². The summed E-state index contributed by atoms with van der Waals surface area (Å²) in [6, 6.07) is 15.2. The van der Waals surface area contributed by atoms with Crippen LogP contribution in [0.25, 0.3) is 11.1 Å². The first-order valence-electron chi connectivity index (χ1n) is 12.0. The van der Waals surface area contributed by atoms with Gasteiger partial charge in [-0.2, -0.15) is 0 Å². The van der Waals surface area contributed by atoms with E-state index in [0.29, 0.717) is 30.3 Å². The maximum Gasteiger partial charge on any atom is 0.336 e. The van der Waals surface area contributed by atoms with Gasteiger partial charge in [0.2, 0.25) is 11.6 Å². The number of nitrogens with zero attached hydrogens (tertiary/aromatic N) is 3. The van der Waals surface area contributed by atoms with Crippen molar-refractivity contribution in [1.82, 2.24) is 14.8 Å². The molecule has 1 fully saturated rings. The molecule has 0 bridgehead atoms. The molecule has 3 aromatic rings. The number of ketones is 1. The van der Waals surface area contributed by atoms with Gasteiger partial charge in [-0.3, -0.25) is 4.79 Å². The van der Waals surface area contributed by atoms with Crippen molar-refractivity contribution in [3.63, 3.8) is 0 Å². The zero-order valence-corrected chi connectivity index (χ0v) is 19.2. The zero-order valence-electron chi connectivity index (χ0n) is 19.2. The van der Waals surface area contributed by atoms with E-state index in [1.54, 1.807) is 12.1 Å². The molecule has 0 aliphatic heterocycles. The van der Waals surface area contributed by atoms with E-state index in [1.807, 2.05) is 41.1 Å². The number of unbranched alkanes of at least 4 members (excludes halogenated alkanes) is 1. The largest absolute Gasteiger partial charge is 0.478 e. The Balaban J connectivity index is 1.59. The van der Waals surface area contributed by atoms with Crippen molar-refractivity contribution in [3.8, 4) is 11.1 Å².